The van der Waals surface area contributed by atoms with Crippen molar-refractivity contribution in [2.45, 2.75) is 32.6 Å². The zero-order chi connectivity index (χ0) is 17.8. The fourth-order valence-corrected chi connectivity index (χ4v) is 4.29. The van der Waals surface area contributed by atoms with Crippen LogP contribution >= 0.6 is 11.3 Å². The summed E-state index contributed by atoms with van der Waals surface area (Å²) >= 11 is 1.49. The molecule has 3 rings (SSSR count). The molecule has 1 amide bonds. The van der Waals surface area contributed by atoms with E-state index in [4.69, 9.17) is 9.47 Å². The Morgan fingerprint density at radius 1 is 1.24 bits per heavy atom. The Labute approximate surface area is 151 Å². The van der Waals surface area contributed by atoms with Gasteiger partial charge in [-0.05, 0) is 56.4 Å². The lowest BCUT2D eigenvalue weighted by molar-refractivity contribution is 0.0526. The third-order valence-corrected chi connectivity index (χ3v) is 5.42. The molecule has 0 saturated carbocycles. The molecule has 6 heteroatoms. The highest BCUT2D eigenvalue weighted by Gasteiger charge is 2.27. The number of amides is 1. The highest BCUT2D eigenvalue weighted by molar-refractivity contribution is 7.17. The van der Waals surface area contributed by atoms with Crippen LogP contribution in [0, 0.1) is 0 Å². The molecule has 0 fully saturated rings. The van der Waals surface area contributed by atoms with Crippen LogP contribution in [-0.2, 0) is 17.6 Å². The molecule has 132 valence electrons. The molecule has 1 aromatic heterocycles. The number of carbonyl (C=O) groups is 2. The van der Waals surface area contributed by atoms with E-state index >= 15 is 0 Å². The maximum Gasteiger partial charge on any atom is 0.341 e. The zero-order valence-corrected chi connectivity index (χ0v) is 15.2. The molecule has 5 nitrogen and oxygen atoms in total. The van der Waals surface area contributed by atoms with Crippen LogP contribution in [0.5, 0.6) is 5.75 Å². The van der Waals surface area contributed by atoms with Crippen LogP contribution in [0.2, 0.25) is 0 Å². The summed E-state index contributed by atoms with van der Waals surface area (Å²) in [7, 11) is 1.56. The van der Waals surface area contributed by atoms with E-state index in [9.17, 15) is 9.59 Å². The normalized spacial score (nSPS) is 13.0. The summed E-state index contributed by atoms with van der Waals surface area (Å²) in [6, 6.07) is 6.94. The zero-order valence-electron chi connectivity index (χ0n) is 14.4. The minimum Gasteiger partial charge on any atom is -0.497 e. The van der Waals surface area contributed by atoms with Crippen LogP contribution in [0.15, 0.2) is 24.3 Å². The van der Waals surface area contributed by atoms with Crippen molar-refractivity contribution in [3.8, 4) is 5.75 Å². The van der Waals surface area contributed by atoms with Crippen LogP contribution in [0.1, 0.15) is 50.9 Å². The first-order chi connectivity index (χ1) is 12.1. The number of thiophene rings is 1. The molecule has 0 atom stereocenters. The summed E-state index contributed by atoms with van der Waals surface area (Å²) in [6.45, 7) is 2.10. The second kappa shape index (κ2) is 7.70. The molecule has 0 radical (unpaired) electrons. The Morgan fingerprint density at radius 3 is 2.80 bits per heavy atom. The number of anilines is 1. The van der Waals surface area contributed by atoms with Gasteiger partial charge in [0, 0.05) is 10.4 Å². The maximum absolute atomic E-state index is 12.6. The number of hydrogen-bond acceptors (Lipinski definition) is 5. The summed E-state index contributed by atoms with van der Waals surface area (Å²) in [5.74, 6) is -0.00497. The summed E-state index contributed by atoms with van der Waals surface area (Å²) in [6.07, 6.45) is 3.97. The van der Waals surface area contributed by atoms with Crippen LogP contribution in [0.4, 0.5) is 5.00 Å². The van der Waals surface area contributed by atoms with Crippen molar-refractivity contribution in [3.05, 3.63) is 45.8 Å². The van der Waals surface area contributed by atoms with E-state index in [1.54, 1.807) is 38.3 Å². The van der Waals surface area contributed by atoms with E-state index in [1.807, 2.05) is 0 Å². The predicted octanol–water partition coefficient (Wildman–Crippen LogP) is 4.06. The van der Waals surface area contributed by atoms with E-state index in [2.05, 4.69) is 5.32 Å². The number of nitrogens with one attached hydrogen (secondary N) is 1. The molecule has 2 aromatic rings. The second-order valence-electron chi connectivity index (χ2n) is 5.82. The number of hydrogen-bond donors (Lipinski definition) is 1. The van der Waals surface area contributed by atoms with Crippen molar-refractivity contribution in [2.24, 2.45) is 0 Å². The fourth-order valence-electron chi connectivity index (χ4n) is 3.01. The molecule has 1 aromatic carbocycles. The minimum atomic E-state index is -0.358. The standard InChI is InChI=1S/C19H21NO4S/c1-3-24-19(22)16-14-9-4-5-10-15(14)25-18(16)20-17(21)12-7-6-8-13(11-12)23-2/h6-8,11H,3-5,9-10H2,1-2H3,(H,20,21). The molecule has 1 aliphatic carbocycles. The van der Waals surface area contributed by atoms with Crippen LogP contribution in [0.25, 0.3) is 0 Å². The van der Waals surface area contributed by atoms with Crippen molar-refractivity contribution in [3.63, 3.8) is 0 Å². The van der Waals surface area contributed by atoms with Gasteiger partial charge < -0.3 is 14.8 Å². The van der Waals surface area contributed by atoms with Gasteiger partial charge in [-0.1, -0.05) is 6.07 Å². The summed E-state index contributed by atoms with van der Waals surface area (Å²) in [5, 5.41) is 3.48. The van der Waals surface area contributed by atoms with E-state index in [0.29, 0.717) is 28.5 Å². The van der Waals surface area contributed by atoms with Gasteiger partial charge in [-0.2, -0.15) is 0 Å². The minimum absolute atomic E-state index is 0.261. The van der Waals surface area contributed by atoms with Gasteiger partial charge in [-0.3, -0.25) is 4.79 Å². The molecular weight excluding hydrogens is 338 g/mol. The summed E-state index contributed by atoms with van der Waals surface area (Å²) in [4.78, 5) is 26.2. The average molecular weight is 359 g/mol. The first-order valence-electron chi connectivity index (χ1n) is 8.41. The Kier molecular flexibility index (Phi) is 5.38. The third-order valence-electron chi connectivity index (χ3n) is 4.21. The first kappa shape index (κ1) is 17.5. The van der Waals surface area contributed by atoms with Crippen LogP contribution in [-0.4, -0.2) is 25.6 Å². The van der Waals surface area contributed by atoms with Gasteiger partial charge in [0.05, 0.1) is 19.3 Å². The summed E-state index contributed by atoms with van der Waals surface area (Å²) < 4.78 is 10.4. The van der Waals surface area contributed by atoms with Gasteiger partial charge >= 0.3 is 5.97 Å². The lowest BCUT2D eigenvalue weighted by Gasteiger charge is -2.12. The number of rotatable bonds is 5. The van der Waals surface area contributed by atoms with Crippen LogP contribution in [0.3, 0.4) is 0 Å². The monoisotopic (exact) mass is 359 g/mol. The summed E-state index contributed by atoms with van der Waals surface area (Å²) in [5.41, 5.74) is 2.05. The van der Waals surface area contributed by atoms with Crippen molar-refractivity contribution < 1.29 is 19.1 Å². The quantitative estimate of drug-likeness (QED) is 0.818. The van der Waals surface area contributed by atoms with Gasteiger partial charge in [-0.25, -0.2) is 4.79 Å². The first-order valence-corrected chi connectivity index (χ1v) is 9.22. The second-order valence-corrected chi connectivity index (χ2v) is 6.93. The number of esters is 1. The Hall–Kier alpha value is -2.34. The van der Waals surface area contributed by atoms with E-state index < -0.39 is 0 Å². The molecule has 25 heavy (non-hydrogen) atoms. The number of benzene rings is 1. The van der Waals surface area contributed by atoms with Crippen molar-refractivity contribution >= 4 is 28.2 Å². The predicted molar refractivity (Wildman–Crippen MR) is 97.9 cm³/mol. The molecule has 1 heterocycles. The Balaban J connectivity index is 1.92. The lowest BCUT2D eigenvalue weighted by atomic mass is 9.95. The van der Waals surface area contributed by atoms with Crippen molar-refractivity contribution in [1.29, 1.82) is 0 Å². The smallest absolute Gasteiger partial charge is 0.341 e. The molecule has 1 aliphatic rings. The number of methoxy groups -OCH3 is 1. The Bertz CT molecular complexity index is 797. The topological polar surface area (TPSA) is 64.6 Å². The maximum atomic E-state index is 12.6. The molecule has 1 N–H and O–H groups in total. The average Bonchev–Trinajstić information content (AvgIpc) is 2.99. The third kappa shape index (κ3) is 3.69. The molecule has 0 saturated heterocycles. The van der Waals surface area contributed by atoms with Gasteiger partial charge in [0.2, 0.25) is 0 Å². The molecule has 0 spiro atoms. The molecular formula is C19H21NO4S. The van der Waals surface area contributed by atoms with Crippen LogP contribution < -0.4 is 10.1 Å². The number of fused-ring (bicyclic) bond motifs is 1. The molecule has 0 aliphatic heterocycles. The highest BCUT2D eigenvalue weighted by atomic mass is 32.1. The van der Waals surface area contributed by atoms with E-state index in [-0.39, 0.29) is 11.9 Å². The largest absolute Gasteiger partial charge is 0.497 e. The number of aryl methyl sites for hydroxylation is 1. The highest BCUT2D eigenvalue weighted by Crippen LogP contribution is 2.38. The Morgan fingerprint density at radius 2 is 2.04 bits per heavy atom. The van der Waals surface area contributed by atoms with Crippen molar-refractivity contribution in [1.82, 2.24) is 0 Å². The van der Waals surface area contributed by atoms with E-state index in [1.165, 1.54) is 16.2 Å². The molecule has 0 bridgehead atoms. The van der Waals surface area contributed by atoms with Gasteiger partial charge in [-0.15, -0.1) is 11.3 Å². The SMILES string of the molecule is CCOC(=O)c1c(NC(=O)c2cccc(OC)c2)sc2c1CCCC2. The van der Waals surface area contributed by atoms with Crippen molar-refractivity contribution in [2.75, 3.05) is 19.0 Å². The number of ether oxygens (including phenoxy) is 2. The van der Waals surface area contributed by atoms with E-state index in [0.717, 1.165) is 31.2 Å². The van der Waals surface area contributed by atoms with Gasteiger partial charge in [0.15, 0.2) is 0 Å². The number of carbonyl (C=O) groups excluding carboxylic acids is 2. The molecule has 0 unspecified atom stereocenters. The lowest BCUT2D eigenvalue weighted by Crippen LogP contribution is -2.15. The fraction of sp³-hybridized carbons (Fsp3) is 0.368. The van der Waals surface area contributed by atoms with Gasteiger partial charge in [0.1, 0.15) is 10.8 Å². The van der Waals surface area contributed by atoms with Gasteiger partial charge in [0.25, 0.3) is 5.91 Å².